The Balaban J connectivity index is 3.89. The van der Waals surface area contributed by atoms with Crippen LogP contribution in [0.2, 0.25) is 0 Å². The van der Waals surface area contributed by atoms with E-state index in [-0.39, 0.29) is 23.0 Å². The molecule has 0 aliphatic rings. The summed E-state index contributed by atoms with van der Waals surface area (Å²) < 4.78 is 11.1. The molecule has 0 aromatic heterocycles. The van der Waals surface area contributed by atoms with Gasteiger partial charge in [0.2, 0.25) is 0 Å². The third-order valence-electron chi connectivity index (χ3n) is 3.32. The highest BCUT2D eigenvalue weighted by molar-refractivity contribution is 5.71. The van der Waals surface area contributed by atoms with E-state index in [2.05, 4.69) is 19.2 Å². The van der Waals surface area contributed by atoms with Crippen molar-refractivity contribution in [3.63, 3.8) is 0 Å². The second kappa shape index (κ2) is 7.85. The lowest BCUT2D eigenvalue weighted by Crippen LogP contribution is -2.38. The third kappa shape index (κ3) is 9.00. The molecule has 1 N–H and O–H groups in total. The van der Waals surface area contributed by atoms with Gasteiger partial charge < -0.3 is 14.8 Å². The summed E-state index contributed by atoms with van der Waals surface area (Å²) in [5, 5.41) is 3.25. The zero-order valence-corrected chi connectivity index (χ0v) is 13.6. The maximum Gasteiger partial charge on any atom is 0.308 e. The summed E-state index contributed by atoms with van der Waals surface area (Å²) in [6.45, 7) is 13.1. The molecule has 4 heteroatoms. The van der Waals surface area contributed by atoms with Crippen LogP contribution in [0.5, 0.6) is 0 Å². The fraction of sp³-hybridized carbons (Fsp3) is 0.933. The molecule has 0 aromatic rings. The Labute approximate surface area is 118 Å². The molecule has 0 atom stereocenters. The van der Waals surface area contributed by atoms with E-state index < -0.39 is 0 Å². The van der Waals surface area contributed by atoms with Crippen LogP contribution >= 0.6 is 0 Å². The number of hydrogen-bond donors (Lipinski definition) is 1. The average molecular weight is 273 g/mol. The van der Waals surface area contributed by atoms with E-state index in [1.807, 2.05) is 34.7 Å². The van der Waals surface area contributed by atoms with Crippen LogP contribution in [0.3, 0.4) is 0 Å². The molecule has 4 nitrogen and oxygen atoms in total. The fourth-order valence-corrected chi connectivity index (χ4v) is 1.34. The highest BCUT2D eigenvalue weighted by atomic mass is 16.5. The number of esters is 1. The minimum atomic E-state index is -0.263. The fourth-order valence-electron chi connectivity index (χ4n) is 1.34. The Morgan fingerprint density at radius 1 is 1.11 bits per heavy atom. The number of carbonyl (C=O) groups is 1. The van der Waals surface area contributed by atoms with Crippen LogP contribution in [0.1, 0.15) is 54.4 Å². The number of rotatable bonds is 9. The number of hydrogen-bond acceptors (Lipinski definition) is 4. The zero-order chi connectivity index (χ0) is 15.1. The van der Waals surface area contributed by atoms with Gasteiger partial charge in [-0.1, -0.05) is 13.8 Å². The smallest absolute Gasteiger partial charge is 0.308 e. The minimum absolute atomic E-state index is 0.0690. The summed E-state index contributed by atoms with van der Waals surface area (Å²) in [5.74, 6) is -0.215. The average Bonchev–Trinajstić information content (AvgIpc) is 2.27. The van der Waals surface area contributed by atoms with Gasteiger partial charge in [-0.15, -0.1) is 0 Å². The first-order valence-corrected chi connectivity index (χ1v) is 7.09. The molecule has 0 amide bonds. The van der Waals surface area contributed by atoms with Crippen molar-refractivity contribution in [2.24, 2.45) is 5.92 Å². The lowest BCUT2D eigenvalue weighted by atomic mass is 10.0. The van der Waals surface area contributed by atoms with E-state index in [1.165, 1.54) is 0 Å². The molecule has 0 saturated heterocycles. The lowest BCUT2D eigenvalue weighted by Gasteiger charge is -2.29. The van der Waals surface area contributed by atoms with Gasteiger partial charge in [0.1, 0.15) is 0 Å². The molecule has 0 radical (unpaired) electrons. The molecule has 0 aromatic carbocycles. The van der Waals surface area contributed by atoms with Gasteiger partial charge in [-0.3, -0.25) is 4.79 Å². The van der Waals surface area contributed by atoms with Crippen molar-refractivity contribution in [3.8, 4) is 0 Å². The highest BCUT2D eigenvalue weighted by Gasteiger charge is 2.22. The van der Waals surface area contributed by atoms with Crippen molar-refractivity contribution in [1.29, 1.82) is 0 Å². The van der Waals surface area contributed by atoms with E-state index in [0.717, 1.165) is 6.42 Å². The number of carbonyl (C=O) groups excluding carboxylic acids is 1. The molecule has 114 valence electrons. The van der Waals surface area contributed by atoms with Gasteiger partial charge in [0, 0.05) is 18.6 Å². The third-order valence-corrected chi connectivity index (χ3v) is 3.32. The van der Waals surface area contributed by atoms with Gasteiger partial charge in [-0.25, -0.2) is 0 Å². The molecule has 0 fully saturated rings. The molecule has 0 unspecified atom stereocenters. The first kappa shape index (κ1) is 18.4. The van der Waals surface area contributed by atoms with Crippen LogP contribution in [0.4, 0.5) is 0 Å². The Hall–Kier alpha value is -0.610. The highest BCUT2D eigenvalue weighted by Crippen LogP contribution is 2.17. The Morgan fingerprint density at radius 2 is 1.68 bits per heavy atom. The van der Waals surface area contributed by atoms with Crippen molar-refractivity contribution in [3.05, 3.63) is 0 Å². The molecule has 0 heterocycles. The molecule has 0 bridgehead atoms. The number of ether oxygens (including phenoxy) is 2. The van der Waals surface area contributed by atoms with Crippen molar-refractivity contribution < 1.29 is 14.3 Å². The second-order valence-corrected chi connectivity index (χ2v) is 6.56. The summed E-state index contributed by atoms with van der Waals surface area (Å²) in [6, 6.07) is 0. The zero-order valence-electron chi connectivity index (χ0n) is 13.6. The first-order valence-electron chi connectivity index (χ1n) is 7.09. The molecule has 0 aliphatic carbocycles. The summed E-state index contributed by atoms with van der Waals surface area (Å²) in [4.78, 5) is 11.3. The van der Waals surface area contributed by atoms with E-state index in [9.17, 15) is 4.79 Å². The SMILES string of the molecule is CNC(C)(C)CCOC(C)(C)CCOC(=O)C(C)C. The summed E-state index contributed by atoms with van der Waals surface area (Å²) >= 11 is 0. The van der Waals surface area contributed by atoms with Gasteiger partial charge >= 0.3 is 5.97 Å². The Bertz CT molecular complexity index is 273. The van der Waals surface area contributed by atoms with Crippen molar-refractivity contribution in [1.82, 2.24) is 5.32 Å². The largest absolute Gasteiger partial charge is 0.465 e. The molecule has 0 rings (SSSR count). The van der Waals surface area contributed by atoms with Crippen LogP contribution in [-0.2, 0) is 14.3 Å². The summed E-state index contributed by atoms with van der Waals surface area (Å²) in [5.41, 5.74) is -0.179. The molecule has 0 saturated carbocycles. The summed E-state index contributed by atoms with van der Waals surface area (Å²) in [6.07, 6.45) is 1.66. The quantitative estimate of drug-likeness (QED) is 0.656. The van der Waals surface area contributed by atoms with Gasteiger partial charge in [0.05, 0.1) is 18.1 Å². The summed E-state index contributed by atoms with van der Waals surface area (Å²) in [7, 11) is 1.95. The standard InChI is InChI=1S/C15H31NO3/c1-12(2)13(17)18-10-9-15(5,6)19-11-8-14(3,4)16-7/h12,16H,8-11H2,1-7H3. The monoisotopic (exact) mass is 273 g/mol. The molecule has 19 heavy (non-hydrogen) atoms. The number of nitrogens with one attached hydrogen (secondary N) is 1. The molecular weight excluding hydrogens is 242 g/mol. The van der Waals surface area contributed by atoms with Gasteiger partial charge in [0.15, 0.2) is 0 Å². The second-order valence-electron chi connectivity index (χ2n) is 6.56. The van der Waals surface area contributed by atoms with Crippen molar-refractivity contribution in [2.45, 2.75) is 65.5 Å². The topological polar surface area (TPSA) is 47.6 Å². The maximum atomic E-state index is 11.3. The Morgan fingerprint density at radius 3 is 2.16 bits per heavy atom. The molecule has 0 spiro atoms. The van der Waals surface area contributed by atoms with Gasteiger partial charge in [-0.05, 0) is 41.2 Å². The van der Waals surface area contributed by atoms with Crippen LogP contribution in [0.15, 0.2) is 0 Å². The van der Waals surface area contributed by atoms with Gasteiger partial charge in [-0.2, -0.15) is 0 Å². The van der Waals surface area contributed by atoms with Crippen LogP contribution in [-0.4, -0.2) is 37.4 Å². The van der Waals surface area contributed by atoms with Crippen LogP contribution < -0.4 is 5.32 Å². The first-order chi connectivity index (χ1) is 8.59. The van der Waals surface area contributed by atoms with Gasteiger partial charge in [0.25, 0.3) is 0 Å². The molecule has 0 aliphatic heterocycles. The van der Waals surface area contributed by atoms with Crippen LogP contribution in [0, 0.1) is 5.92 Å². The normalized spacial score (nSPS) is 12.8. The minimum Gasteiger partial charge on any atom is -0.465 e. The van der Waals surface area contributed by atoms with E-state index >= 15 is 0 Å². The Kier molecular flexibility index (Phi) is 7.60. The van der Waals surface area contributed by atoms with Crippen molar-refractivity contribution >= 4 is 5.97 Å². The lowest BCUT2D eigenvalue weighted by molar-refractivity contribution is -0.149. The molecular formula is C15H31NO3. The van der Waals surface area contributed by atoms with Crippen molar-refractivity contribution in [2.75, 3.05) is 20.3 Å². The van der Waals surface area contributed by atoms with E-state index in [0.29, 0.717) is 19.6 Å². The predicted octanol–water partition coefficient (Wildman–Crippen LogP) is 2.76. The predicted molar refractivity (Wildman–Crippen MR) is 78.2 cm³/mol. The van der Waals surface area contributed by atoms with E-state index in [1.54, 1.807) is 0 Å². The van der Waals surface area contributed by atoms with E-state index in [4.69, 9.17) is 9.47 Å². The van der Waals surface area contributed by atoms with Crippen LogP contribution in [0.25, 0.3) is 0 Å². The maximum absolute atomic E-state index is 11.3.